The maximum atomic E-state index is 13.5. The van der Waals surface area contributed by atoms with Gasteiger partial charge in [0, 0.05) is 0 Å². The zero-order chi connectivity index (χ0) is 25.7. The summed E-state index contributed by atoms with van der Waals surface area (Å²) in [5.41, 5.74) is 6.58. The highest BCUT2D eigenvalue weighted by Crippen LogP contribution is 2.45. The summed E-state index contributed by atoms with van der Waals surface area (Å²) in [7, 11) is -2.59. The van der Waals surface area contributed by atoms with E-state index < -0.39 is 32.3 Å². The van der Waals surface area contributed by atoms with E-state index in [2.05, 4.69) is 20.0 Å². The number of nitrogens with one attached hydrogen (secondary N) is 1. The van der Waals surface area contributed by atoms with E-state index in [0.717, 1.165) is 0 Å². The molecule has 1 aliphatic heterocycles. The van der Waals surface area contributed by atoms with Crippen LogP contribution in [0.15, 0.2) is 36.7 Å². The van der Waals surface area contributed by atoms with Crippen molar-refractivity contribution in [2.45, 2.75) is 32.4 Å². The van der Waals surface area contributed by atoms with Gasteiger partial charge in [-0.25, -0.2) is 9.55 Å². The molecule has 0 saturated carbocycles. The largest absolute Gasteiger partial charge is 0.479 e. The number of fused-ring (bicyclic) bond motifs is 1. The van der Waals surface area contributed by atoms with Gasteiger partial charge in [0.25, 0.3) is 0 Å². The highest BCUT2D eigenvalue weighted by molar-refractivity contribution is 7.52. The fraction of sp³-hybridized carbons (Fsp3) is 0.429. The SMILES string of the molecule is CCOC(=O)[C@H](C)NP(=O)(OC[C@@H]1OC[C@H](n2cnc3c(OC)nc(N)nc32)O1)Oc1ccccc1. The van der Waals surface area contributed by atoms with Crippen molar-refractivity contribution in [2.75, 3.05) is 32.7 Å². The molecule has 3 N–H and O–H groups in total. The van der Waals surface area contributed by atoms with Crippen LogP contribution in [-0.2, 0) is 28.1 Å². The van der Waals surface area contributed by atoms with Crippen molar-refractivity contribution < 1.29 is 37.4 Å². The van der Waals surface area contributed by atoms with Crippen molar-refractivity contribution in [1.29, 1.82) is 0 Å². The van der Waals surface area contributed by atoms with Gasteiger partial charge in [-0.15, -0.1) is 0 Å². The first-order chi connectivity index (χ1) is 17.3. The molecule has 0 radical (unpaired) electrons. The third-order valence-electron chi connectivity index (χ3n) is 4.99. The molecule has 1 saturated heterocycles. The van der Waals surface area contributed by atoms with Crippen LogP contribution in [0.3, 0.4) is 0 Å². The van der Waals surface area contributed by atoms with Gasteiger partial charge in [0.1, 0.15) is 18.4 Å². The molecule has 0 amide bonds. The number of hydrogen-bond acceptors (Lipinski definition) is 12. The highest BCUT2D eigenvalue weighted by atomic mass is 31.2. The van der Waals surface area contributed by atoms with Crippen molar-refractivity contribution in [3.8, 4) is 11.6 Å². The summed E-state index contributed by atoms with van der Waals surface area (Å²) in [6, 6.07) is 7.46. The Morgan fingerprint density at radius 3 is 2.83 bits per heavy atom. The molecule has 1 unspecified atom stereocenters. The summed E-state index contributed by atoms with van der Waals surface area (Å²) in [5, 5.41) is 2.60. The van der Waals surface area contributed by atoms with Gasteiger partial charge >= 0.3 is 13.7 Å². The van der Waals surface area contributed by atoms with Gasteiger partial charge in [-0.1, -0.05) is 18.2 Å². The maximum Gasteiger partial charge on any atom is 0.459 e. The lowest BCUT2D eigenvalue weighted by Crippen LogP contribution is -2.35. The summed E-state index contributed by atoms with van der Waals surface area (Å²) >= 11 is 0. The number of nitrogens with two attached hydrogens (primary N) is 1. The molecule has 1 aromatic carbocycles. The van der Waals surface area contributed by atoms with Crippen LogP contribution >= 0.6 is 7.75 Å². The second kappa shape index (κ2) is 11.2. The average Bonchev–Trinajstić information content (AvgIpc) is 3.50. The number of methoxy groups -OCH3 is 1. The second-order valence-electron chi connectivity index (χ2n) is 7.57. The number of anilines is 1. The van der Waals surface area contributed by atoms with E-state index in [0.29, 0.717) is 11.2 Å². The molecule has 0 spiro atoms. The van der Waals surface area contributed by atoms with E-state index in [1.165, 1.54) is 20.4 Å². The van der Waals surface area contributed by atoms with Gasteiger partial charge < -0.3 is 29.2 Å². The summed E-state index contributed by atoms with van der Waals surface area (Å²) in [6.07, 6.45) is -0.0192. The predicted molar refractivity (Wildman–Crippen MR) is 126 cm³/mol. The van der Waals surface area contributed by atoms with Crippen LogP contribution in [-0.4, -0.2) is 64.8 Å². The number of aromatic nitrogens is 4. The van der Waals surface area contributed by atoms with E-state index in [1.54, 1.807) is 41.8 Å². The molecule has 3 heterocycles. The molecular formula is C21H27N6O8P. The Morgan fingerprint density at radius 1 is 1.33 bits per heavy atom. The quantitative estimate of drug-likeness (QED) is 0.277. The number of imidazole rings is 1. The molecule has 14 nitrogen and oxygen atoms in total. The Labute approximate surface area is 206 Å². The number of para-hydroxylation sites is 1. The number of nitrogens with zero attached hydrogens (tertiary/aromatic N) is 4. The Kier molecular flexibility index (Phi) is 8.01. The Hall–Kier alpha value is -3.29. The number of benzene rings is 1. The number of carbonyl (C=O) groups excluding carboxylic acids is 1. The predicted octanol–water partition coefficient (Wildman–Crippen LogP) is 2.03. The van der Waals surface area contributed by atoms with Gasteiger partial charge in [-0.3, -0.25) is 13.9 Å². The van der Waals surface area contributed by atoms with Crippen LogP contribution in [0.2, 0.25) is 0 Å². The van der Waals surface area contributed by atoms with Crippen LogP contribution in [0.25, 0.3) is 11.2 Å². The molecule has 1 aliphatic rings. The number of ether oxygens (including phenoxy) is 4. The third kappa shape index (κ3) is 5.91. The summed E-state index contributed by atoms with van der Waals surface area (Å²) < 4.78 is 48.1. The number of carbonyl (C=O) groups is 1. The lowest BCUT2D eigenvalue weighted by atomic mass is 10.3. The molecule has 1 fully saturated rings. The fourth-order valence-corrected chi connectivity index (χ4v) is 4.84. The standard InChI is InChI=1S/C21H27N6O8P/c1-4-31-20(28)13(2)26-36(29,35-14-8-6-5-7-9-14)33-11-16-32-10-15(34-16)27-12-23-17-18(27)24-21(22)25-19(17)30-3/h5-9,12-13,15-16H,4,10-11H2,1-3H3,(H,26,29)(H2,22,24,25)/t13-,15+,16+,36?/m0/s1. The second-order valence-corrected chi connectivity index (χ2v) is 9.26. The van der Waals surface area contributed by atoms with Crippen molar-refractivity contribution in [3.63, 3.8) is 0 Å². The molecular weight excluding hydrogens is 495 g/mol. The first-order valence-electron chi connectivity index (χ1n) is 11.1. The zero-order valence-electron chi connectivity index (χ0n) is 19.9. The lowest BCUT2D eigenvalue weighted by Gasteiger charge is -2.23. The van der Waals surface area contributed by atoms with Crippen LogP contribution in [0.5, 0.6) is 11.6 Å². The first kappa shape index (κ1) is 25.8. The van der Waals surface area contributed by atoms with Crippen LogP contribution < -0.4 is 20.1 Å². The molecule has 4 atom stereocenters. The molecule has 4 rings (SSSR count). The third-order valence-corrected chi connectivity index (χ3v) is 6.63. The normalized spacial score (nSPS) is 20.1. The van der Waals surface area contributed by atoms with Gasteiger partial charge in [-0.2, -0.15) is 15.1 Å². The summed E-state index contributed by atoms with van der Waals surface area (Å²) in [6.45, 7) is 3.20. The van der Waals surface area contributed by atoms with E-state index in [4.69, 9.17) is 33.7 Å². The monoisotopic (exact) mass is 522 g/mol. The zero-order valence-corrected chi connectivity index (χ0v) is 20.8. The van der Waals surface area contributed by atoms with Crippen molar-refractivity contribution >= 4 is 30.8 Å². The molecule has 15 heteroatoms. The van der Waals surface area contributed by atoms with E-state index in [1.807, 2.05) is 0 Å². The van der Waals surface area contributed by atoms with E-state index in [-0.39, 0.29) is 37.4 Å². The maximum absolute atomic E-state index is 13.5. The van der Waals surface area contributed by atoms with Gasteiger partial charge in [0.05, 0.1) is 26.7 Å². The topological polar surface area (TPSA) is 171 Å². The van der Waals surface area contributed by atoms with Gasteiger partial charge in [0.15, 0.2) is 23.7 Å². The molecule has 194 valence electrons. The van der Waals surface area contributed by atoms with Crippen LogP contribution in [0, 0.1) is 0 Å². The number of hydrogen-bond donors (Lipinski definition) is 2. The number of rotatable bonds is 11. The highest BCUT2D eigenvalue weighted by Gasteiger charge is 2.36. The Bertz CT molecular complexity index is 1240. The van der Waals surface area contributed by atoms with Crippen LogP contribution in [0.1, 0.15) is 20.1 Å². The number of esters is 1. The summed E-state index contributed by atoms with van der Waals surface area (Å²) in [5.74, 6) is -0.0711. The van der Waals surface area contributed by atoms with Crippen molar-refractivity contribution in [2.24, 2.45) is 0 Å². The molecule has 0 aliphatic carbocycles. The lowest BCUT2D eigenvalue weighted by molar-refractivity contribution is -0.144. The molecule has 36 heavy (non-hydrogen) atoms. The minimum atomic E-state index is -4.05. The minimum Gasteiger partial charge on any atom is -0.479 e. The summed E-state index contributed by atoms with van der Waals surface area (Å²) in [4.78, 5) is 24.6. The van der Waals surface area contributed by atoms with Crippen molar-refractivity contribution in [3.05, 3.63) is 36.7 Å². The Morgan fingerprint density at radius 2 is 2.11 bits per heavy atom. The fourth-order valence-electron chi connectivity index (χ4n) is 3.36. The number of nitrogen functional groups attached to an aromatic ring is 1. The molecule has 2 aromatic heterocycles. The smallest absolute Gasteiger partial charge is 0.459 e. The van der Waals surface area contributed by atoms with E-state index in [9.17, 15) is 9.36 Å². The van der Waals surface area contributed by atoms with Gasteiger partial charge in [0.2, 0.25) is 11.8 Å². The van der Waals surface area contributed by atoms with E-state index >= 15 is 0 Å². The molecule has 3 aromatic rings. The Balaban J connectivity index is 1.45. The average molecular weight is 522 g/mol. The molecule has 0 bridgehead atoms. The first-order valence-corrected chi connectivity index (χ1v) is 12.6. The van der Waals surface area contributed by atoms with Crippen molar-refractivity contribution in [1.82, 2.24) is 24.6 Å². The minimum absolute atomic E-state index is 0.0145. The van der Waals surface area contributed by atoms with Crippen LogP contribution in [0.4, 0.5) is 5.95 Å². The van der Waals surface area contributed by atoms with Gasteiger partial charge in [-0.05, 0) is 26.0 Å².